The molecule has 1 aromatic heterocycles. The minimum Gasteiger partial charge on any atom is -0.497 e. The highest BCUT2D eigenvalue weighted by molar-refractivity contribution is 7.20. The van der Waals surface area contributed by atoms with E-state index in [9.17, 15) is 4.79 Å². The van der Waals surface area contributed by atoms with E-state index in [2.05, 4.69) is 5.32 Å². The van der Waals surface area contributed by atoms with Gasteiger partial charge in [-0.1, -0.05) is 24.3 Å². The highest BCUT2D eigenvalue weighted by Gasteiger charge is 2.09. The van der Waals surface area contributed by atoms with E-state index in [1.165, 1.54) is 11.3 Å². The maximum absolute atomic E-state index is 12.1. The third kappa shape index (κ3) is 3.81. The highest BCUT2D eigenvalue weighted by Crippen LogP contribution is 2.25. The molecule has 0 aliphatic rings. The minimum atomic E-state index is -0.0690. The Morgan fingerprint density at radius 2 is 1.91 bits per heavy atom. The van der Waals surface area contributed by atoms with Gasteiger partial charge in [0.05, 0.1) is 18.5 Å². The predicted octanol–water partition coefficient (Wildman–Crippen LogP) is 3.72. The number of nitrogens with one attached hydrogen (secondary N) is 1. The van der Waals surface area contributed by atoms with Gasteiger partial charge in [0.1, 0.15) is 18.1 Å². The molecular formula is C18H17NO3S. The second kappa shape index (κ2) is 7.15. The second-order valence-electron chi connectivity index (χ2n) is 4.93. The Hall–Kier alpha value is -2.53. The van der Waals surface area contributed by atoms with Gasteiger partial charge >= 0.3 is 0 Å². The molecule has 4 nitrogen and oxygen atoms in total. The number of hydrogen-bond donors (Lipinski definition) is 1. The zero-order valence-corrected chi connectivity index (χ0v) is 13.6. The largest absolute Gasteiger partial charge is 0.497 e. The van der Waals surface area contributed by atoms with Gasteiger partial charge < -0.3 is 14.8 Å². The van der Waals surface area contributed by atoms with Crippen LogP contribution in [0.3, 0.4) is 0 Å². The van der Waals surface area contributed by atoms with Crippen LogP contribution in [0.2, 0.25) is 0 Å². The fourth-order valence-electron chi connectivity index (χ4n) is 2.21. The lowest BCUT2D eigenvalue weighted by Crippen LogP contribution is -2.27. The van der Waals surface area contributed by atoms with E-state index in [1.807, 2.05) is 54.6 Å². The van der Waals surface area contributed by atoms with Crippen molar-refractivity contribution >= 4 is 27.3 Å². The van der Waals surface area contributed by atoms with Gasteiger partial charge in [0.2, 0.25) is 0 Å². The van der Waals surface area contributed by atoms with Gasteiger partial charge in [0.25, 0.3) is 5.91 Å². The van der Waals surface area contributed by atoms with E-state index in [4.69, 9.17) is 9.47 Å². The number of carbonyl (C=O) groups is 1. The molecule has 0 fully saturated rings. The Bertz CT molecular complexity index is 780. The summed E-state index contributed by atoms with van der Waals surface area (Å²) in [5.41, 5.74) is 0. The number of ether oxygens (including phenoxy) is 2. The summed E-state index contributed by atoms with van der Waals surface area (Å²) in [6.45, 7) is 0.855. The highest BCUT2D eigenvalue weighted by atomic mass is 32.1. The van der Waals surface area contributed by atoms with E-state index in [1.54, 1.807) is 7.11 Å². The van der Waals surface area contributed by atoms with E-state index < -0.39 is 0 Å². The van der Waals surface area contributed by atoms with Crippen LogP contribution in [-0.4, -0.2) is 26.2 Å². The number of hydrogen-bond acceptors (Lipinski definition) is 4. The average Bonchev–Trinajstić information content (AvgIpc) is 3.03. The van der Waals surface area contributed by atoms with Gasteiger partial charge in [-0.2, -0.15) is 0 Å². The molecule has 118 valence electrons. The third-order valence-corrected chi connectivity index (χ3v) is 4.46. The van der Waals surface area contributed by atoms with Gasteiger partial charge in [-0.15, -0.1) is 11.3 Å². The molecular weight excluding hydrogens is 310 g/mol. The van der Waals surface area contributed by atoms with Crippen molar-refractivity contribution in [3.63, 3.8) is 0 Å². The standard InChI is InChI=1S/C18H17NO3S/c1-21-14-6-4-7-15(12-14)22-10-9-19-18(20)17-11-13-5-2-3-8-16(13)23-17/h2-8,11-12H,9-10H2,1H3,(H,19,20). The third-order valence-electron chi connectivity index (χ3n) is 3.35. The molecule has 0 aliphatic heterocycles. The SMILES string of the molecule is COc1cccc(OCCNC(=O)c2cc3ccccc3s2)c1. The van der Waals surface area contributed by atoms with E-state index in [0.717, 1.165) is 21.6 Å². The van der Waals surface area contributed by atoms with Crippen LogP contribution in [0.15, 0.2) is 54.6 Å². The molecule has 0 saturated carbocycles. The van der Waals surface area contributed by atoms with Crippen molar-refractivity contribution in [2.24, 2.45) is 0 Å². The van der Waals surface area contributed by atoms with E-state index in [0.29, 0.717) is 18.0 Å². The summed E-state index contributed by atoms with van der Waals surface area (Å²) < 4.78 is 11.9. The van der Waals surface area contributed by atoms with Crippen LogP contribution >= 0.6 is 11.3 Å². The molecule has 0 aliphatic carbocycles. The zero-order valence-electron chi connectivity index (χ0n) is 12.7. The predicted molar refractivity (Wildman–Crippen MR) is 92.6 cm³/mol. The molecule has 0 spiro atoms. The fraction of sp³-hybridized carbons (Fsp3) is 0.167. The van der Waals surface area contributed by atoms with Gasteiger partial charge in [0.15, 0.2) is 0 Å². The van der Waals surface area contributed by atoms with Crippen LogP contribution in [0.1, 0.15) is 9.67 Å². The van der Waals surface area contributed by atoms with Crippen LogP contribution in [0.25, 0.3) is 10.1 Å². The van der Waals surface area contributed by atoms with Crippen LogP contribution in [0.5, 0.6) is 11.5 Å². The number of carbonyl (C=O) groups excluding carboxylic acids is 1. The van der Waals surface area contributed by atoms with Crippen LogP contribution in [0.4, 0.5) is 0 Å². The van der Waals surface area contributed by atoms with Gasteiger partial charge in [-0.3, -0.25) is 4.79 Å². The van der Waals surface area contributed by atoms with Crippen molar-refractivity contribution in [3.8, 4) is 11.5 Å². The van der Waals surface area contributed by atoms with Gasteiger partial charge in [-0.25, -0.2) is 0 Å². The molecule has 5 heteroatoms. The second-order valence-corrected chi connectivity index (χ2v) is 6.02. The zero-order chi connectivity index (χ0) is 16.1. The summed E-state index contributed by atoms with van der Waals surface area (Å²) in [4.78, 5) is 12.9. The summed E-state index contributed by atoms with van der Waals surface area (Å²) in [6.07, 6.45) is 0. The minimum absolute atomic E-state index is 0.0690. The summed E-state index contributed by atoms with van der Waals surface area (Å²) in [6, 6.07) is 17.3. The van der Waals surface area contributed by atoms with Gasteiger partial charge in [0, 0.05) is 10.8 Å². The summed E-state index contributed by atoms with van der Waals surface area (Å²) in [7, 11) is 1.62. The first kappa shape index (κ1) is 15.4. The molecule has 23 heavy (non-hydrogen) atoms. The summed E-state index contributed by atoms with van der Waals surface area (Å²) in [5.74, 6) is 1.40. The van der Waals surface area contributed by atoms with Crippen molar-refractivity contribution < 1.29 is 14.3 Å². The molecule has 0 unspecified atom stereocenters. The number of thiophene rings is 1. The van der Waals surface area contributed by atoms with Crippen molar-refractivity contribution in [2.75, 3.05) is 20.3 Å². The maximum atomic E-state index is 12.1. The maximum Gasteiger partial charge on any atom is 0.261 e. The average molecular weight is 327 g/mol. The smallest absolute Gasteiger partial charge is 0.261 e. The van der Waals surface area contributed by atoms with Crippen molar-refractivity contribution in [3.05, 3.63) is 59.5 Å². The van der Waals surface area contributed by atoms with Crippen LogP contribution in [-0.2, 0) is 0 Å². The molecule has 1 N–H and O–H groups in total. The lowest BCUT2D eigenvalue weighted by Gasteiger charge is -2.08. The van der Waals surface area contributed by atoms with Crippen LogP contribution in [0, 0.1) is 0 Å². The molecule has 2 aromatic carbocycles. The lowest BCUT2D eigenvalue weighted by atomic mass is 10.2. The number of methoxy groups -OCH3 is 1. The topological polar surface area (TPSA) is 47.6 Å². The molecule has 1 amide bonds. The molecule has 1 heterocycles. The monoisotopic (exact) mass is 327 g/mol. The Morgan fingerprint density at radius 1 is 1.09 bits per heavy atom. The lowest BCUT2D eigenvalue weighted by molar-refractivity contribution is 0.0951. The first-order valence-corrected chi connectivity index (χ1v) is 8.11. The Labute approximate surface area is 138 Å². The van der Waals surface area contributed by atoms with Crippen LogP contribution < -0.4 is 14.8 Å². The Balaban J connectivity index is 1.51. The molecule has 0 saturated heterocycles. The molecule has 0 atom stereocenters. The number of fused-ring (bicyclic) bond motifs is 1. The summed E-state index contributed by atoms with van der Waals surface area (Å²) >= 11 is 1.50. The fourth-order valence-corrected chi connectivity index (χ4v) is 3.18. The number of rotatable bonds is 6. The molecule has 0 radical (unpaired) electrons. The van der Waals surface area contributed by atoms with Crippen molar-refractivity contribution in [2.45, 2.75) is 0 Å². The first-order valence-electron chi connectivity index (χ1n) is 7.30. The van der Waals surface area contributed by atoms with Crippen molar-refractivity contribution in [1.82, 2.24) is 5.32 Å². The number of amides is 1. The number of benzene rings is 2. The van der Waals surface area contributed by atoms with E-state index in [-0.39, 0.29) is 5.91 Å². The summed E-state index contributed by atoms with van der Waals surface area (Å²) in [5, 5.41) is 3.97. The van der Waals surface area contributed by atoms with Gasteiger partial charge in [-0.05, 0) is 29.7 Å². The molecule has 3 rings (SSSR count). The molecule has 3 aromatic rings. The molecule has 0 bridgehead atoms. The Morgan fingerprint density at radius 3 is 2.74 bits per heavy atom. The van der Waals surface area contributed by atoms with Crippen molar-refractivity contribution in [1.29, 1.82) is 0 Å². The quantitative estimate of drug-likeness (QED) is 0.702. The first-order chi connectivity index (χ1) is 11.3. The normalized spacial score (nSPS) is 10.5. The Kier molecular flexibility index (Phi) is 4.78. The van der Waals surface area contributed by atoms with E-state index >= 15 is 0 Å².